The van der Waals surface area contributed by atoms with Gasteiger partial charge in [0.15, 0.2) is 0 Å². The summed E-state index contributed by atoms with van der Waals surface area (Å²) in [6, 6.07) is 0. The topological polar surface area (TPSA) is 52.9 Å². The van der Waals surface area contributed by atoms with Crippen molar-refractivity contribution >= 4 is 0 Å². The lowest BCUT2D eigenvalue weighted by Gasteiger charge is -2.08. The molecule has 0 aliphatic carbocycles. The van der Waals surface area contributed by atoms with Gasteiger partial charge in [-0.05, 0) is 6.42 Å². The second-order valence-corrected chi connectivity index (χ2v) is 1.81. The number of unbranched alkanes of at least 4 members (excludes halogenated alkanes) is 1. The van der Waals surface area contributed by atoms with Crippen molar-refractivity contribution in [3.63, 3.8) is 0 Å². The molecular weight excluding hydrogens is 120 g/mol. The summed E-state index contributed by atoms with van der Waals surface area (Å²) in [5, 5.41) is 12.0. The Hall–Kier alpha value is -0.640. The predicted molar refractivity (Wildman–Crippen MR) is 34.5 cm³/mol. The van der Waals surface area contributed by atoms with Crippen molar-refractivity contribution in [1.82, 2.24) is 5.01 Å². The molecule has 0 aromatic carbocycles. The second kappa shape index (κ2) is 5.50. The van der Waals surface area contributed by atoms with E-state index in [4.69, 9.17) is 5.11 Å². The highest BCUT2D eigenvalue weighted by atomic mass is 16.3. The Balaban J connectivity index is 3.20. The van der Waals surface area contributed by atoms with Crippen molar-refractivity contribution in [3.8, 4) is 0 Å². The maximum Gasteiger partial charge on any atom is 0.134 e. The molecule has 0 saturated carbocycles. The quantitative estimate of drug-likeness (QED) is 0.340. The molecule has 1 N–H and O–H groups in total. The second-order valence-electron chi connectivity index (χ2n) is 1.81. The van der Waals surface area contributed by atoms with Crippen LogP contribution in [0.3, 0.4) is 0 Å². The third-order valence-corrected chi connectivity index (χ3v) is 1.05. The first kappa shape index (κ1) is 8.36. The van der Waals surface area contributed by atoms with E-state index in [-0.39, 0.29) is 6.73 Å². The Morgan fingerprint density at radius 2 is 2.33 bits per heavy atom. The first-order valence-corrected chi connectivity index (χ1v) is 3.04. The normalized spacial score (nSPS) is 9.11. The SMILES string of the molecule is CCCCN(CO)N=O. The monoisotopic (exact) mass is 132 g/mol. The molecule has 0 fully saturated rings. The highest BCUT2D eigenvalue weighted by Gasteiger charge is 1.96. The van der Waals surface area contributed by atoms with Gasteiger partial charge < -0.3 is 5.11 Å². The molecule has 0 bridgehead atoms. The van der Waals surface area contributed by atoms with Crippen molar-refractivity contribution in [1.29, 1.82) is 0 Å². The summed E-state index contributed by atoms with van der Waals surface area (Å²) >= 11 is 0. The van der Waals surface area contributed by atoms with Crippen LogP contribution in [0.1, 0.15) is 19.8 Å². The van der Waals surface area contributed by atoms with Gasteiger partial charge in [0.2, 0.25) is 0 Å². The van der Waals surface area contributed by atoms with E-state index in [1.54, 1.807) is 0 Å². The standard InChI is InChI=1S/C5H12N2O2/c1-2-3-4-7(5-8)6-9/h8H,2-5H2,1H3. The number of hydrogen-bond acceptors (Lipinski definition) is 3. The zero-order chi connectivity index (χ0) is 7.11. The van der Waals surface area contributed by atoms with Crippen molar-refractivity contribution in [2.75, 3.05) is 13.3 Å². The average Bonchev–Trinajstić information content (AvgIpc) is 1.91. The summed E-state index contributed by atoms with van der Waals surface area (Å²) in [5.74, 6) is 0. The molecule has 0 aromatic rings. The van der Waals surface area contributed by atoms with E-state index in [1.807, 2.05) is 6.92 Å². The van der Waals surface area contributed by atoms with Crippen LogP contribution in [0, 0.1) is 4.91 Å². The van der Waals surface area contributed by atoms with Gasteiger partial charge in [0.05, 0.1) is 5.29 Å². The molecule has 0 unspecified atom stereocenters. The molecule has 54 valence electrons. The maximum absolute atomic E-state index is 9.76. The van der Waals surface area contributed by atoms with Crippen molar-refractivity contribution in [2.24, 2.45) is 5.29 Å². The highest BCUT2D eigenvalue weighted by Crippen LogP contribution is 1.92. The van der Waals surface area contributed by atoms with Crippen molar-refractivity contribution < 1.29 is 5.11 Å². The van der Waals surface area contributed by atoms with Crippen LogP contribution in [0.25, 0.3) is 0 Å². The minimum atomic E-state index is -0.274. The molecule has 0 saturated heterocycles. The van der Waals surface area contributed by atoms with E-state index in [1.165, 1.54) is 0 Å². The molecule has 0 radical (unpaired) electrons. The van der Waals surface area contributed by atoms with Crippen LogP contribution in [0.5, 0.6) is 0 Å². The Labute approximate surface area is 54.4 Å². The van der Waals surface area contributed by atoms with Gasteiger partial charge >= 0.3 is 0 Å². The minimum Gasteiger partial charge on any atom is -0.375 e. The van der Waals surface area contributed by atoms with Crippen LogP contribution < -0.4 is 0 Å². The van der Waals surface area contributed by atoms with Gasteiger partial charge in [-0.3, -0.25) is 0 Å². The Morgan fingerprint density at radius 3 is 2.67 bits per heavy atom. The number of nitrogens with zero attached hydrogens (tertiary/aromatic N) is 2. The van der Waals surface area contributed by atoms with E-state index < -0.39 is 0 Å². The van der Waals surface area contributed by atoms with Gasteiger partial charge in [-0.25, -0.2) is 5.01 Å². The maximum atomic E-state index is 9.76. The molecule has 0 aliphatic rings. The zero-order valence-electron chi connectivity index (χ0n) is 5.58. The third-order valence-electron chi connectivity index (χ3n) is 1.05. The molecule has 0 rings (SSSR count). The molecular formula is C5H12N2O2. The minimum absolute atomic E-state index is 0.274. The molecule has 9 heavy (non-hydrogen) atoms. The summed E-state index contributed by atoms with van der Waals surface area (Å²) in [5.41, 5.74) is 0. The third kappa shape index (κ3) is 3.90. The fourth-order valence-corrected chi connectivity index (χ4v) is 0.478. The Morgan fingerprint density at radius 1 is 1.67 bits per heavy atom. The number of aliphatic hydroxyl groups excluding tert-OH is 1. The van der Waals surface area contributed by atoms with E-state index in [9.17, 15) is 4.91 Å². The van der Waals surface area contributed by atoms with Gasteiger partial charge in [0, 0.05) is 6.54 Å². The van der Waals surface area contributed by atoms with Gasteiger partial charge in [0.25, 0.3) is 0 Å². The van der Waals surface area contributed by atoms with Crippen LogP contribution in [0.2, 0.25) is 0 Å². The molecule has 0 atom stereocenters. The molecule has 4 heteroatoms. The van der Waals surface area contributed by atoms with Crippen molar-refractivity contribution in [2.45, 2.75) is 19.8 Å². The van der Waals surface area contributed by atoms with Crippen LogP contribution >= 0.6 is 0 Å². The summed E-state index contributed by atoms with van der Waals surface area (Å²) in [4.78, 5) is 9.76. The average molecular weight is 132 g/mol. The lowest BCUT2D eigenvalue weighted by molar-refractivity contribution is 0.107. The largest absolute Gasteiger partial charge is 0.375 e. The van der Waals surface area contributed by atoms with Crippen LogP contribution in [0.4, 0.5) is 0 Å². The highest BCUT2D eigenvalue weighted by molar-refractivity contribution is 4.42. The van der Waals surface area contributed by atoms with Crippen molar-refractivity contribution in [3.05, 3.63) is 4.91 Å². The van der Waals surface area contributed by atoms with E-state index in [0.717, 1.165) is 17.9 Å². The summed E-state index contributed by atoms with van der Waals surface area (Å²) < 4.78 is 0. The lowest BCUT2D eigenvalue weighted by atomic mass is 10.3. The number of aliphatic hydroxyl groups is 1. The molecule has 0 spiro atoms. The lowest BCUT2D eigenvalue weighted by Crippen LogP contribution is -2.18. The van der Waals surface area contributed by atoms with Gasteiger partial charge in [-0.2, -0.15) is 0 Å². The van der Waals surface area contributed by atoms with Gasteiger partial charge in [-0.15, -0.1) is 4.91 Å². The molecule has 0 amide bonds. The number of nitroso groups, excluding NO2 is 1. The van der Waals surface area contributed by atoms with Crippen LogP contribution in [-0.4, -0.2) is 23.4 Å². The van der Waals surface area contributed by atoms with E-state index in [2.05, 4.69) is 5.29 Å². The van der Waals surface area contributed by atoms with Crippen LogP contribution in [0.15, 0.2) is 5.29 Å². The fraction of sp³-hybridized carbons (Fsp3) is 1.00. The first-order chi connectivity index (χ1) is 4.35. The predicted octanol–water partition coefficient (Wildman–Crippen LogP) is 0.720. The van der Waals surface area contributed by atoms with E-state index >= 15 is 0 Å². The summed E-state index contributed by atoms with van der Waals surface area (Å²) in [6.07, 6.45) is 1.90. The number of hydrogen-bond donors (Lipinski definition) is 1. The Bertz CT molecular complexity index is 77.4. The molecule has 0 aromatic heterocycles. The zero-order valence-corrected chi connectivity index (χ0v) is 5.58. The molecule has 0 aliphatic heterocycles. The van der Waals surface area contributed by atoms with Crippen LogP contribution in [-0.2, 0) is 0 Å². The fourth-order valence-electron chi connectivity index (χ4n) is 0.478. The Kier molecular flexibility index (Phi) is 5.11. The van der Waals surface area contributed by atoms with E-state index in [0.29, 0.717) is 6.54 Å². The van der Waals surface area contributed by atoms with Gasteiger partial charge in [0.1, 0.15) is 6.73 Å². The summed E-state index contributed by atoms with van der Waals surface area (Å²) in [6.45, 7) is 2.29. The number of rotatable bonds is 5. The smallest absolute Gasteiger partial charge is 0.134 e. The molecule has 0 heterocycles. The molecule has 4 nitrogen and oxygen atoms in total. The van der Waals surface area contributed by atoms with Gasteiger partial charge in [-0.1, -0.05) is 13.3 Å². The first-order valence-electron chi connectivity index (χ1n) is 3.04. The summed E-state index contributed by atoms with van der Waals surface area (Å²) in [7, 11) is 0.